The molecule has 0 amide bonds. The van der Waals surface area contributed by atoms with Crippen LogP contribution in [0.1, 0.15) is 19.8 Å². The van der Waals surface area contributed by atoms with Crippen molar-refractivity contribution in [2.75, 3.05) is 46.6 Å². The van der Waals surface area contributed by atoms with E-state index in [0.29, 0.717) is 25.2 Å². The average Bonchev–Trinajstić information content (AvgIpc) is 2.68. The Labute approximate surface area is 98.6 Å². The normalized spacial score (nSPS) is 25.1. The third-order valence-electron chi connectivity index (χ3n) is 3.01. The zero-order chi connectivity index (χ0) is 11.6. The molecule has 16 heavy (non-hydrogen) atoms. The van der Waals surface area contributed by atoms with Gasteiger partial charge < -0.3 is 19.5 Å². The Bertz CT molecular complexity index is 166. The van der Waals surface area contributed by atoms with E-state index in [0.717, 1.165) is 32.7 Å². The number of ether oxygens (including phenoxy) is 3. The van der Waals surface area contributed by atoms with Crippen LogP contribution in [0.15, 0.2) is 0 Å². The van der Waals surface area contributed by atoms with Crippen molar-refractivity contribution in [2.45, 2.75) is 25.9 Å². The number of hydrogen-bond donors (Lipinski definition) is 1. The minimum atomic E-state index is 0.422. The monoisotopic (exact) mass is 231 g/mol. The first-order valence-electron chi connectivity index (χ1n) is 6.23. The molecular formula is C12H25NO3. The largest absolute Gasteiger partial charge is 0.382 e. The van der Waals surface area contributed by atoms with Crippen molar-refractivity contribution < 1.29 is 14.2 Å². The smallest absolute Gasteiger partial charge is 0.0700 e. The van der Waals surface area contributed by atoms with Crippen LogP contribution in [0.3, 0.4) is 0 Å². The molecule has 0 aliphatic carbocycles. The van der Waals surface area contributed by atoms with Gasteiger partial charge in [-0.25, -0.2) is 0 Å². The summed E-state index contributed by atoms with van der Waals surface area (Å²) in [4.78, 5) is 0. The molecule has 1 aliphatic rings. The Morgan fingerprint density at radius 2 is 2.19 bits per heavy atom. The molecule has 4 nitrogen and oxygen atoms in total. The quantitative estimate of drug-likeness (QED) is 0.602. The molecule has 0 aromatic carbocycles. The van der Waals surface area contributed by atoms with Crippen molar-refractivity contribution >= 4 is 0 Å². The second-order valence-corrected chi connectivity index (χ2v) is 4.29. The van der Waals surface area contributed by atoms with Gasteiger partial charge in [0, 0.05) is 26.9 Å². The Morgan fingerprint density at radius 1 is 1.31 bits per heavy atom. The maximum Gasteiger partial charge on any atom is 0.0700 e. The Morgan fingerprint density at radius 3 is 2.88 bits per heavy atom. The molecule has 0 saturated carbocycles. The fourth-order valence-electron chi connectivity index (χ4n) is 1.88. The maximum absolute atomic E-state index is 5.51. The van der Waals surface area contributed by atoms with Gasteiger partial charge in [0.1, 0.15) is 0 Å². The summed E-state index contributed by atoms with van der Waals surface area (Å²) in [6.45, 7) is 7.37. The fourth-order valence-corrected chi connectivity index (χ4v) is 1.88. The van der Waals surface area contributed by atoms with Gasteiger partial charge in [-0.05, 0) is 32.2 Å². The van der Waals surface area contributed by atoms with Crippen molar-refractivity contribution in [3.63, 3.8) is 0 Å². The lowest BCUT2D eigenvalue weighted by Gasteiger charge is -2.14. The first-order valence-corrected chi connectivity index (χ1v) is 6.23. The van der Waals surface area contributed by atoms with Crippen LogP contribution in [-0.4, -0.2) is 52.7 Å². The molecule has 0 aromatic heterocycles. The van der Waals surface area contributed by atoms with Crippen LogP contribution in [-0.2, 0) is 14.2 Å². The van der Waals surface area contributed by atoms with Crippen molar-refractivity contribution in [3.8, 4) is 0 Å². The van der Waals surface area contributed by atoms with Crippen molar-refractivity contribution in [3.05, 3.63) is 0 Å². The van der Waals surface area contributed by atoms with E-state index < -0.39 is 0 Å². The molecule has 0 radical (unpaired) electrons. The molecule has 2 atom stereocenters. The highest BCUT2D eigenvalue weighted by Gasteiger charge is 2.23. The van der Waals surface area contributed by atoms with Gasteiger partial charge in [-0.2, -0.15) is 0 Å². The number of nitrogens with one attached hydrogen (secondary N) is 1. The summed E-state index contributed by atoms with van der Waals surface area (Å²) in [7, 11) is 1.69. The van der Waals surface area contributed by atoms with Gasteiger partial charge in [0.15, 0.2) is 0 Å². The molecule has 0 spiro atoms. The predicted octanol–water partition coefficient (Wildman–Crippen LogP) is 1.05. The highest BCUT2D eigenvalue weighted by atomic mass is 16.5. The van der Waals surface area contributed by atoms with Crippen molar-refractivity contribution in [1.82, 2.24) is 5.32 Å². The van der Waals surface area contributed by atoms with E-state index in [2.05, 4.69) is 12.2 Å². The minimum Gasteiger partial charge on any atom is -0.382 e. The van der Waals surface area contributed by atoms with Crippen LogP contribution in [0.4, 0.5) is 0 Å². The number of rotatable bonds is 9. The standard InChI is InChI=1S/C12H25NO3/c1-11-12(4-7-16-11)10-13-5-3-6-15-9-8-14-2/h11-13H,3-10H2,1-2H3. The fraction of sp³-hybridized carbons (Fsp3) is 1.00. The molecule has 4 heteroatoms. The third kappa shape index (κ3) is 5.80. The third-order valence-corrected chi connectivity index (χ3v) is 3.01. The zero-order valence-corrected chi connectivity index (χ0v) is 10.5. The average molecular weight is 231 g/mol. The van der Waals surface area contributed by atoms with E-state index in [-0.39, 0.29) is 0 Å². The molecular weight excluding hydrogens is 206 g/mol. The molecule has 0 bridgehead atoms. The molecule has 1 N–H and O–H groups in total. The van der Waals surface area contributed by atoms with Crippen LogP contribution < -0.4 is 5.32 Å². The van der Waals surface area contributed by atoms with E-state index in [1.807, 2.05) is 0 Å². The summed E-state index contributed by atoms with van der Waals surface area (Å²) in [5.41, 5.74) is 0. The lowest BCUT2D eigenvalue weighted by molar-refractivity contribution is 0.0691. The summed E-state index contributed by atoms with van der Waals surface area (Å²) in [6.07, 6.45) is 2.68. The predicted molar refractivity (Wildman–Crippen MR) is 63.7 cm³/mol. The molecule has 1 fully saturated rings. The summed E-state index contributed by atoms with van der Waals surface area (Å²) in [5.74, 6) is 0.689. The molecule has 1 saturated heterocycles. The minimum absolute atomic E-state index is 0.422. The SMILES string of the molecule is COCCOCCCNCC1CCOC1C. The van der Waals surface area contributed by atoms with Crippen LogP contribution in [0.2, 0.25) is 0 Å². The first-order chi connectivity index (χ1) is 7.84. The molecule has 0 aromatic rings. The topological polar surface area (TPSA) is 39.7 Å². The van der Waals surface area contributed by atoms with Crippen molar-refractivity contribution in [1.29, 1.82) is 0 Å². The van der Waals surface area contributed by atoms with Crippen LogP contribution >= 0.6 is 0 Å². The van der Waals surface area contributed by atoms with Crippen molar-refractivity contribution in [2.24, 2.45) is 5.92 Å². The lowest BCUT2D eigenvalue weighted by Crippen LogP contribution is -2.28. The summed E-state index contributed by atoms with van der Waals surface area (Å²) in [6, 6.07) is 0. The first kappa shape index (κ1) is 13.9. The molecule has 1 rings (SSSR count). The number of hydrogen-bond acceptors (Lipinski definition) is 4. The molecule has 96 valence electrons. The van der Waals surface area contributed by atoms with Gasteiger partial charge in [-0.1, -0.05) is 0 Å². The second kappa shape index (κ2) is 8.93. The van der Waals surface area contributed by atoms with Crippen LogP contribution in [0, 0.1) is 5.92 Å². The van der Waals surface area contributed by atoms with Gasteiger partial charge in [-0.15, -0.1) is 0 Å². The highest BCUT2D eigenvalue weighted by molar-refractivity contribution is 4.74. The Balaban J connectivity index is 1.81. The summed E-state index contributed by atoms with van der Waals surface area (Å²) in [5, 5.41) is 3.46. The molecule has 2 unspecified atom stereocenters. The van der Waals surface area contributed by atoms with E-state index in [1.54, 1.807) is 7.11 Å². The number of methoxy groups -OCH3 is 1. The van der Waals surface area contributed by atoms with E-state index in [1.165, 1.54) is 6.42 Å². The van der Waals surface area contributed by atoms with Gasteiger partial charge in [-0.3, -0.25) is 0 Å². The van der Waals surface area contributed by atoms with Crippen LogP contribution in [0.5, 0.6) is 0 Å². The van der Waals surface area contributed by atoms with Gasteiger partial charge >= 0.3 is 0 Å². The van der Waals surface area contributed by atoms with Gasteiger partial charge in [0.25, 0.3) is 0 Å². The maximum atomic E-state index is 5.51. The highest BCUT2D eigenvalue weighted by Crippen LogP contribution is 2.18. The zero-order valence-electron chi connectivity index (χ0n) is 10.5. The van der Waals surface area contributed by atoms with E-state index in [4.69, 9.17) is 14.2 Å². The second-order valence-electron chi connectivity index (χ2n) is 4.29. The summed E-state index contributed by atoms with van der Waals surface area (Å²) >= 11 is 0. The Kier molecular flexibility index (Phi) is 7.76. The Hall–Kier alpha value is -0.160. The van der Waals surface area contributed by atoms with E-state index >= 15 is 0 Å². The van der Waals surface area contributed by atoms with Gasteiger partial charge in [0.2, 0.25) is 0 Å². The van der Waals surface area contributed by atoms with Crippen LogP contribution in [0.25, 0.3) is 0 Å². The lowest BCUT2D eigenvalue weighted by atomic mass is 10.0. The van der Waals surface area contributed by atoms with Gasteiger partial charge in [0.05, 0.1) is 19.3 Å². The van der Waals surface area contributed by atoms with E-state index in [9.17, 15) is 0 Å². The summed E-state index contributed by atoms with van der Waals surface area (Å²) < 4.78 is 15.8. The molecule has 1 heterocycles. The molecule has 1 aliphatic heterocycles.